The molecule has 0 aliphatic heterocycles. The normalized spacial score (nSPS) is 10.7. The first-order valence-electron chi connectivity index (χ1n) is 6.88. The molecule has 0 bridgehead atoms. The summed E-state index contributed by atoms with van der Waals surface area (Å²) in [5, 5.41) is 12.3. The number of pyridine rings is 1. The molecule has 1 N–H and O–H groups in total. The van der Waals surface area contributed by atoms with Crippen molar-refractivity contribution in [3.63, 3.8) is 0 Å². The molecule has 5 nitrogen and oxygen atoms in total. The summed E-state index contributed by atoms with van der Waals surface area (Å²) in [6.45, 7) is 1.47. The summed E-state index contributed by atoms with van der Waals surface area (Å²) in [5.74, 6) is 0. The molecule has 0 aliphatic rings. The molecular formula is C16H17N5. The second-order valence-electron chi connectivity index (χ2n) is 4.81. The van der Waals surface area contributed by atoms with E-state index in [1.165, 1.54) is 5.56 Å². The average molecular weight is 279 g/mol. The van der Waals surface area contributed by atoms with Crippen LogP contribution in [-0.2, 0) is 20.1 Å². The molecule has 0 saturated heterocycles. The predicted octanol–water partition coefficient (Wildman–Crippen LogP) is 2.17. The van der Waals surface area contributed by atoms with Crippen LogP contribution in [0.3, 0.4) is 0 Å². The Morgan fingerprint density at radius 3 is 2.48 bits per heavy atom. The molecule has 5 heteroatoms. The summed E-state index contributed by atoms with van der Waals surface area (Å²) >= 11 is 0. The zero-order valence-corrected chi connectivity index (χ0v) is 11.9. The highest BCUT2D eigenvalue weighted by atomic mass is 15.5. The van der Waals surface area contributed by atoms with E-state index < -0.39 is 0 Å². The molecule has 0 unspecified atom stereocenters. The molecule has 0 spiro atoms. The third kappa shape index (κ3) is 3.32. The van der Waals surface area contributed by atoms with Gasteiger partial charge in [0.15, 0.2) is 0 Å². The van der Waals surface area contributed by atoms with Crippen LogP contribution in [0.1, 0.15) is 11.3 Å². The fraction of sp³-hybridized carbons (Fsp3) is 0.188. The molecule has 1 aromatic carbocycles. The van der Waals surface area contributed by atoms with Crippen molar-refractivity contribution in [1.29, 1.82) is 0 Å². The maximum atomic E-state index is 4.46. The highest BCUT2D eigenvalue weighted by Crippen LogP contribution is 2.19. The van der Waals surface area contributed by atoms with E-state index in [1.807, 2.05) is 37.4 Å². The first kappa shape index (κ1) is 13.5. The van der Waals surface area contributed by atoms with E-state index in [9.17, 15) is 0 Å². The summed E-state index contributed by atoms with van der Waals surface area (Å²) in [6, 6.07) is 14.1. The van der Waals surface area contributed by atoms with E-state index in [4.69, 9.17) is 0 Å². The van der Waals surface area contributed by atoms with Crippen LogP contribution in [0.4, 0.5) is 0 Å². The Morgan fingerprint density at radius 1 is 0.952 bits per heavy atom. The molecular weight excluding hydrogens is 262 g/mol. The lowest BCUT2D eigenvalue weighted by molar-refractivity contribution is 0.623. The molecule has 2 heterocycles. The van der Waals surface area contributed by atoms with Crippen molar-refractivity contribution >= 4 is 0 Å². The molecule has 3 rings (SSSR count). The zero-order chi connectivity index (χ0) is 14.5. The minimum absolute atomic E-state index is 0.681. The van der Waals surface area contributed by atoms with Crippen LogP contribution in [-0.4, -0.2) is 20.0 Å². The molecule has 21 heavy (non-hydrogen) atoms. The van der Waals surface area contributed by atoms with E-state index in [1.54, 1.807) is 17.2 Å². The van der Waals surface area contributed by atoms with Gasteiger partial charge in [0.25, 0.3) is 0 Å². The van der Waals surface area contributed by atoms with Crippen LogP contribution >= 0.6 is 0 Å². The predicted molar refractivity (Wildman–Crippen MR) is 81.2 cm³/mol. The lowest BCUT2D eigenvalue weighted by Gasteiger charge is -2.04. The molecule has 0 aliphatic carbocycles. The maximum Gasteiger partial charge on any atom is 0.117 e. The smallest absolute Gasteiger partial charge is 0.117 e. The van der Waals surface area contributed by atoms with Crippen molar-refractivity contribution in [3.05, 3.63) is 66.1 Å². The minimum atomic E-state index is 0.681. The van der Waals surface area contributed by atoms with E-state index >= 15 is 0 Å². The van der Waals surface area contributed by atoms with Crippen LogP contribution in [0.15, 0.2) is 54.9 Å². The standard InChI is InChI=1S/C16H17N5/c1-21-19-15(12-18-11-13-7-9-17-10-8-13)16(20-21)14-5-3-2-4-6-14/h2-10,18H,11-12H2,1H3. The Hall–Kier alpha value is -2.53. The number of nitrogens with zero attached hydrogens (tertiary/aromatic N) is 4. The van der Waals surface area contributed by atoms with Gasteiger partial charge in [-0.15, -0.1) is 0 Å². The molecule has 0 amide bonds. The van der Waals surface area contributed by atoms with Gasteiger partial charge in [-0.1, -0.05) is 30.3 Å². The first-order valence-corrected chi connectivity index (χ1v) is 6.88. The molecule has 106 valence electrons. The zero-order valence-electron chi connectivity index (χ0n) is 11.9. The topological polar surface area (TPSA) is 55.6 Å². The van der Waals surface area contributed by atoms with Gasteiger partial charge in [0, 0.05) is 38.1 Å². The summed E-state index contributed by atoms with van der Waals surface area (Å²) in [4.78, 5) is 5.63. The fourth-order valence-electron chi connectivity index (χ4n) is 2.21. The summed E-state index contributed by atoms with van der Waals surface area (Å²) in [7, 11) is 1.85. The maximum absolute atomic E-state index is 4.46. The van der Waals surface area contributed by atoms with Gasteiger partial charge in [-0.2, -0.15) is 15.0 Å². The molecule has 3 aromatic rings. The molecule has 0 atom stereocenters. The van der Waals surface area contributed by atoms with Gasteiger partial charge in [0.2, 0.25) is 0 Å². The Balaban J connectivity index is 1.71. The number of hydrogen-bond donors (Lipinski definition) is 1. The monoisotopic (exact) mass is 279 g/mol. The number of hydrogen-bond acceptors (Lipinski definition) is 4. The van der Waals surface area contributed by atoms with Crippen LogP contribution in [0.25, 0.3) is 11.3 Å². The Kier molecular flexibility index (Phi) is 4.02. The van der Waals surface area contributed by atoms with Crippen LogP contribution in [0, 0.1) is 0 Å². The van der Waals surface area contributed by atoms with Gasteiger partial charge in [-0.05, 0) is 17.7 Å². The van der Waals surface area contributed by atoms with Gasteiger partial charge in [-0.25, -0.2) is 0 Å². The first-order chi connectivity index (χ1) is 10.3. The minimum Gasteiger partial charge on any atom is -0.307 e. The van der Waals surface area contributed by atoms with Gasteiger partial charge < -0.3 is 5.32 Å². The van der Waals surface area contributed by atoms with Gasteiger partial charge in [-0.3, -0.25) is 4.98 Å². The van der Waals surface area contributed by atoms with Crippen LogP contribution in [0.2, 0.25) is 0 Å². The van der Waals surface area contributed by atoms with Crippen molar-refractivity contribution in [2.75, 3.05) is 0 Å². The van der Waals surface area contributed by atoms with E-state index in [0.717, 1.165) is 23.5 Å². The highest BCUT2D eigenvalue weighted by Gasteiger charge is 2.11. The largest absolute Gasteiger partial charge is 0.307 e. The Labute approximate surface area is 123 Å². The molecule has 2 aromatic heterocycles. The lowest BCUT2D eigenvalue weighted by Crippen LogP contribution is -2.13. The number of benzene rings is 1. The lowest BCUT2D eigenvalue weighted by atomic mass is 10.1. The number of aromatic nitrogens is 4. The summed E-state index contributed by atoms with van der Waals surface area (Å²) in [6.07, 6.45) is 3.60. The van der Waals surface area contributed by atoms with Gasteiger partial charge in [0.1, 0.15) is 11.4 Å². The van der Waals surface area contributed by atoms with Crippen LogP contribution < -0.4 is 5.32 Å². The highest BCUT2D eigenvalue weighted by molar-refractivity contribution is 5.60. The quantitative estimate of drug-likeness (QED) is 0.777. The van der Waals surface area contributed by atoms with Crippen molar-refractivity contribution in [3.8, 4) is 11.3 Å². The van der Waals surface area contributed by atoms with E-state index in [2.05, 4.69) is 32.6 Å². The number of aryl methyl sites for hydroxylation is 1. The van der Waals surface area contributed by atoms with Crippen molar-refractivity contribution in [2.24, 2.45) is 7.05 Å². The van der Waals surface area contributed by atoms with E-state index in [0.29, 0.717) is 6.54 Å². The SMILES string of the molecule is Cn1nc(CNCc2ccncc2)c(-c2ccccc2)n1. The second-order valence-corrected chi connectivity index (χ2v) is 4.81. The van der Waals surface area contributed by atoms with Gasteiger partial charge >= 0.3 is 0 Å². The van der Waals surface area contributed by atoms with Gasteiger partial charge in [0.05, 0.1) is 0 Å². The van der Waals surface area contributed by atoms with E-state index in [-0.39, 0.29) is 0 Å². The third-order valence-corrected chi connectivity index (χ3v) is 3.20. The third-order valence-electron chi connectivity index (χ3n) is 3.20. The average Bonchev–Trinajstić information content (AvgIpc) is 2.90. The molecule has 0 fully saturated rings. The molecule has 0 radical (unpaired) electrons. The van der Waals surface area contributed by atoms with Crippen molar-refractivity contribution in [1.82, 2.24) is 25.3 Å². The van der Waals surface area contributed by atoms with Crippen LogP contribution in [0.5, 0.6) is 0 Å². The Bertz CT molecular complexity index is 691. The van der Waals surface area contributed by atoms with Crippen molar-refractivity contribution < 1.29 is 0 Å². The summed E-state index contributed by atoms with van der Waals surface area (Å²) < 4.78 is 0. The molecule has 0 saturated carbocycles. The number of rotatable bonds is 5. The fourth-order valence-corrected chi connectivity index (χ4v) is 2.21. The summed E-state index contributed by atoms with van der Waals surface area (Å²) in [5.41, 5.74) is 4.18. The Morgan fingerprint density at radius 2 is 1.71 bits per heavy atom. The second kappa shape index (κ2) is 6.28. The van der Waals surface area contributed by atoms with Crippen molar-refractivity contribution in [2.45, 2.75) is 13.1 Å². The number of nitrogens with one attached hydrogen (secondary N) is 1.